The Kier molecular flexibility index (Phi) is 7.62. The maximum Gasteiger partial charge on any atom is 0.234 e. The Balaban J connectivity index is 2.24. The van der Waals surface area contributed by atoms with Crippen molar-refractivity contribution in [1.29, 1.82) is 0 Å². The molecule has 19 heavy (non-hydrogen) atoms. The van der Waals surface area contributed by atoms with Crippen molar-refractivity contribution in [1.82, 2.24) is 10.6 Å². The summed E-state index contributed by atoms with van der Waals surface area (Å²) in [4.78, 5) is 11.4. The zero-order valence-electron chi connectivity index (χ0n) is 11.6. The number of amides is 1. The standard InChI is InChI=1S/C14H22N2O3/c1-3-19-13-6-4-5-12(9-13)10-15-11-14(17)16-7-8-18-2/h4-6,9,15H,3,7-8,10-11H2,1-2H3,(H,16,17). The molecule has 5 nitrogen and oxygen atoms in total. The molecule has 0 unspecified atom stereocenters. The van der Waals surface area contributed by atoms with Crippen LogP contribution in [0.2, 0.25) is 0 Å². The second-order valence-corrected chi connectivity index (χ2v) is 4.03. The third-order valence-electron chi connectivity index (χ3n) is 2.45. The van der Waals surface area contributed by atoms with Crippen LogP contribution in [0.15, 0.2) is 24.3 Å². The first kappa shape index (κ1) is 15.5. The molecule has 2 N–H and O–H groups in total. The van der Waals surface area contributed by atoms with Gasteiger partial charge in [-0.25, -0.2) is 0 Å². The molecule has 1 rings (SSSR count). The van der Waals surface area contributed by atoms with E-state index in [1.807, 2.05) is 31.2 Å². The lowest BCUT2D eigenvalue weighted by molar-refractivity contribution is -0.120. The minimum Gasteiger partial charge on any atom is -0.494 e. The molecule has 106 valence electrons. The first-order chi connectivity index (χ1) is 9.26. The van der Waals surface area contributed by atoms with E-state index < -0.39 is 0 Å². The number of hydrogen-bond donors (Lipinski definition) is 2. The van der Waals surface area contributed by atoms with Crippen LogP contribution in [-0.2, 0) is 16.1 Å². The van der Waals surface area contributed by atoms with E-state index in [4.69, 9.17) is 9.47 Å². The molecule has 1 aromatic carbocycles. The quantitative estimate of drug-likeness (QED) is 0.653. The highest BCUT2D eigenvalue weighted by molar-refractivity contribution is 5.77. The van der Waals surface area contributed by atoms with Gasteiger partial charge in [0.15, 0.2) is 0 Å². The number of rotatable bonds is 9. The van der Waals surface area contributed by atoms with Crippen LogP contribution >= 0.6 is 0 Å². The van der Waals surface area contributed by atoms with Crippen molar-refractivity contribution in [2.75, 3.05) is 33.4 Å². The van der Waals surface area contributed by atoms with Crippen LogP contribution in [0.1, 0.15) is 12.5 Å². The zero-order chi connectivity index (χ0) is 13.9. The summed E-state index contributed by atoms with van der Waals surface area (Å²) in [7, 11) is 1.61. The van der Waals surface area contributed by atoms with Crippen LogP contribution in [0.4, 0.5) is 0 Å². The Morgan fingerprint density at radius 3 is 2.95 bits per heavy atom. The van der Waals surface area contributed by atoms with Crippen molar-refractivity contribution >= 4 is 5.91 Å². The fourth-order valence-electron chi connectivity index (χ4n) is 1.59. The molecule has 0 spiro atoms. The van der Waals surface area contributed by atoms with Gasteiger partial charge in [-0.15, -0.1) is 0 Å². The second kappa shape index (κ2) is 9.35. The molecule has 0 saturated heterocycles. The van der Waals surface area contributed by atoms with Gasteiger partial charge in [0, 0.05) is 20.2 Å². The maximum atomic E-state index is 11.4. The van der Waals surface area contributed by atoms with Crippen molar-refractivity contribution < 1.29 is 14.3 Å². The monoisotopic (exact) mass is 266 g/mol. The first-order valence-corrected chi connectivity index (χ1v) is 6.44. The van der Waals surface area contributed by atoms with Crippen molar-refractivity contribution in [3.63, 3.8) is 0 Å². The Morgan fingerprint density at radius 1 is 1.37 bits per heavy atom. The van der Waals surface area contributed by atoms with E-state index in [1.54, 1.807) is 7.11 Å². The van der Waals surface area contributed by atoms with Gasteiger partial charge in [-0.05, 0) is 24.6 Å². The van der Waals surface area contributed by atoms with E-state index in [9.17, 15) is 4.79 Å². The predicted molar refractivity (Wildman–Crippen MR) is 74.2 cm³/mol. The highest BCUT2D eigenvalue weighted by Crippen LogP contribution is 2.12. The van der Waals surface area contributed by atoms with Gasteiger partial charge in [-0.2, -0.15) is 0 Å². The number of nitrogens with one attached hydrogen (secondary N) is 2. The molecule has 0 aliphatic rings. The van der Waals surface area contributed by atoms with Gasteiger partial charge in [0.05, 0.1) is 19.8 Å². The van der Waals surface area contributed by atoms with E-state index in [1.165, 1.54) is 0 Å². The highest BCUT2D eigenvalue weighted by atomic mass is 16.5. The summed E-state index contributed by atoms with van der Waals surface area (Å²) < 4.78 is 10.3. The largest absolute Gasteiger partial charge is 0.494 e. The molecule has 1 amide bonds. The summed E-state index contributed by atoms with van der Waals surface area (Å²) in [5, 5.41) is 5.84. The molecule has 0 aliphatic heterocycles. The van der Waals surface area contributed by atoms with Gasteiger partial charge < -0.3 is 20.1 Å². The number of carbonyl (C=O) groups is 1. The number of carbonyl (C=O) groups excluding carboxylic acids is 1. The van der Waals surface area contributed by atoms with E-state index in [2.05, 4.69) is 10.6 Å². The molecular weight excluding hydrogens is 244 g/mol. The number of hydrogen-bond acceptors (Lipinski definition) is 4. The highest BCUT2D eigenvalue weighted by Gasteiger charge is 2.00. The molecule has 0 atom stereocenters. The summed E-state index contributed by atoms with van der Waals surface area (Å²) in [6.45, 7) is 4.61. The Labute approximate surface area is 114 Å². The van der Waals surface area contributed by atoms with Gasteiger partial charge in [-0.1, -0.05) is 12.1 Å². The van der Waals surface area contributed by atoms with Gasteiger partial charge in [0.1, 0.15) is 5.75 Å². The Hall–Kier alpha value is -1.59. The third-order valence-corrected chi connectivity index (χ3v) is 2.45. The second-order valence-electron chi connectivity index (χ2n) is 4.03. The fourth-order valence-corrected chi connectivity index (χ4v) is 1.59. The molecule has 5 heteroatoms. The Bertz CT molecular complexity index is 383. The summed E-state index contributed by atoms with van der Waals surface area (Å²) in [6.07, 6.45) is 0. The topological polar surface area (TPSA) is 59.6 Å². The lowest BCUT2D eigenvalue weighted by atomic mass is 10.2. The van der Waals surface area contributed by atoms with Crippen molar-refractivity contribution in [3.05, 3.63) is 29.8 Å². The van der Waals surface area contributed by atoms with Crippen LogP contribution in [-0.4, -0.2) is 39.3 Å². The molecule has 0 heterocycles. The summed E-state index contributed by atoms with van der Waals surface area (Å²) in [5.74, 6) is 0.823. The van der Waals surface area contributed by atoms with E-state index >= 15 is 0 Å². The van der Waals surface area contributed by atoms with E-state index in [-0.39, 0.29) is 5.91 Å². The van der Waals surface area contributed by atoms with Gasteiger partial charge in [0.25, 0.3) is 0 Å². The molecule has 0 aromatic heterocycles. The minimum atomic E-state index is -0.0296. The van der Waals surface area contributed by atoms with Gasteiger partial charge in [0.2, 0.25) is 5.91 Å². The lowest BCUT2D eigenvalue weighted by Crippen LogP contribution is -2.35. The summed E-state index contributed by atoms with van der Waals surface area (Å²) in [5.41, 5.74) is 1.09. The van der Waals surface area contributed by atoms with Crippen LogP contribution in [0.3, 0.4) is 0 Å². The summed E-state index contributed by atoms with van der Waals surface area (Å²) in [6, 6.07) is 7.84. The molecule has 0 fully saturated rings. The van der Waals surface area contributed by atoms with Gasteiger partial charge >= 0.3 is 0 Å². The maximum absolute atomic E-state index is 11.4. The van der Waals surface area contributed by atoms with E-state index in [0.717, 1.165) is 11.3 Å². The molecule has 0 aliphatic carbocycles. The number of benzene rings is 1. The smallest absolute Gasteiger partial charge is 0.234 e. The van der Waals surface area contributed by atoms with Crippen LogP contribution < -0.4 is 15.4 Å². The third kappa shape index (κ3) is 6.79. The van der Waals surface area contributed by atoms with Crippen LogP contribution in [0.25, 0.3) is 0 Å². The van der Waals surface area contributed by atoms with Crippen LogP contribution in [0, 0.1) is 0 Å². The number of ether oxygens (including phenoxy) is 2. The fraction of sp³-hybridized carbons (Fsp3) is 0.500. The minimum absolute atomic E-state index is 0.0296. The zero-order valence-corrected chi connectivity index (χ0v) is 11.6. The molecule has 0 saturated carbocycles. The number of methoxy groups -OCH3 is 1. The van der Waals surface area contributed by atoms with Crippen LogP contribution in [0.5, 0.6) is 5.75 Å². The predicted octanol–water partition coefficient (Wildman–Crippen LogP) is 0.937. The first-order valence-electron chi connectivity index (χ1n) is 6.44. The molecular formula is C14H22N2O3. The van der Waals surface area contributed by atoms with Crippen molar-refractivity contribution in [2.45, 2.75) is 13.5 Å². The normalized spacial score (nSPS) is 10.2. The van der Waals surface area contributed by atoms with Gasteiger partial charge in [-0.3, -0.25) is 4.79 Å². The van der Waals surface area contributed by atoms with Crippen molar-refractivity contribution in [2.24, 2.45) is 0 Å². The van der Waals surface area contributed by atoms with Crippen molar-refractivity contribution in [3.8, 4) is 5.75 Å². The molecule has 0 bridgehead atoms. The SMILES string of the molecule is CCOc1cccc(CNCC(=O)NCCOC)c1. The lowest BCUT2D eigenvalue weighted by Gasteiger charge is -2.08. The average Bonchev–Trinajstić information content (AvgIpc) is 2.40. The molecule has 0 radical (unpaired) electrons. The summed E-state index contributed by atoms with van der Waals surface area (Å²) >= 11 is 0. The molecule has 1 aromatic rings. The Morgan fingerprint density at radius 2 is 2.21 bits per heavy atom. The van der Waals surface area contributed by atoms with E-state index in [0.29, 0.717) is 32.8 Å². The average molecular weight is 266 g/mol.